The fraction of sp³-hybridized carbons (Fsp3) is 0.702. The Morgan fingerprint density at radius 3 is 1.17 bits per heavy atom. The Hall–Kier alpha value is -3.34. The van der Waals surface area contributed by atoms with Crippen LogP contribution in [0.4, 0.5) is 0 Å². The third-order valence-electron chi connectivity index (χ3n) is 11.5. The lowest BCUT2D eigenvalue weighted by atomic mass is 10.0. The summed E-state index contributed by atoms with van der Waals surface area (Å²) in [6, 6.07) is -1.61. The number of aliphatic hydroxyl groups excluding tert-OH is 1. The van der Waals surface area contributed by atoms with Crippen LogP contribution in [0.3, 0.4) is 0 Å². The molecule has 3 atom stereocenters. The molecule has 0 aromatic heterocycles. The van der Waals surface area contributed by atoms with Crippen LogP contribution in [0.1, 0.15) is 226 Å². The van der Waals surface area contributed by atoms with E-state index in [1.807, 2.05) is 12.2 Å². The molecule has 0 aromatic rings. The Balaban J connectivity index is 3.89. The van der Waals surface area contributed by atoms with Crippen LogP contribution in [0, 0.1) is 0 Å². The number of carboxylic acid groups (broad SMARTS) is 1. The maximum atomic E-state index is 12.3. The molecule has 3 unspecified atom stereocenters. The SMILES string of the molecule is CC/C=C\C/C=C\C/C=C\C/C=C\C/C=C\C/C=C\C/C=C\CC(=O)NC(COP(=O)(O)OCC(O)COC(=O)CCCCCCCCCCCCCCCCCCCCCCCCCC)C(=O)O. The molecule has 0 saturated heterocycles. The van der Waals surface area contributed by atoms with Gasteiger partial charge in [-0.1, -0.05) is 247 Å². The van der Waals surface area contributed by atoms with Crippen molar-refractivity contribution >= 4 is 25.7 Å². The summed E-state index contributed by atoms with van der Waals surface area (Å²) in [7, 11) is -4.79. The van der Waals surface area contributed by atoms with E-state index in [0.717, 1.165) is 57.8 Å². The zero-order chi connectivity index (χ0) is 50.6. The highest BCUT2D eigenvalue weighted by Gasteiger charge is 2.28. The van der Waals surface area contributed by atoms with E-state index in [1.165, 1.54) is 128 Å². The zero-order valence-electron chi connectivity index (χ0n) is 43.3. The number of amides is 1. The maximum absolute atomic E-state index is 12.3. The molecule has 0 spiro atoms. The predicted octanol–water partition coefficient (Wildman–Crippen LogP) is 15.4. The molecule has 11 nitrogen and oxygen atoms in total. The fourth-order valence-corrected chi connectivity index (χ4v) is 8.11. The smallest absolute Gasteiger partial charge is 0.472 e. The molecular weight excluding hydrogens is 890 g/mol. The van der Waals surface area contributed by atoms with Gasteiger partial charge >= 0.3 is 19.8 Å². The predicted molar refractivity (Wildman–Crippen MR) is 286 cm³/mol. The van der Waals surface area contributed by atoms with Crippen molar-refractivity contribution in [2.24, 2.45) is 0 Å². The second kappa shape index (κ2) is 51.0. The van der Waals surface area contributed by atoms with Gasteiger partial charge in [0.2, 0.25) is 5.91 Å². The van der Waals surface area contributed by atoms with E-state index < -0.39 is 57.6 Å². The fourth-order valence-electron chi connectivity index (χ4n) is 7.34. The molecule has 0 aliphatic heterocycles. The minimum Gasteiger partial charge on any atom is -0.480 e. The number of phosphoric ester groups is 1. The number of unbranched alkanes of at least 4 members (excludes halogenated alkanes) is 23. The van der Waals surface area contributed by atoms with E-state index in [0.29, 0.717) is 12.8 Å². The first-order valence-corrected chi connectivity index (χ1v) is 28.6. The van der Waals surface area contributed by atoms with Crippen LogP contribution in [-0.4, -0.2) is 64.9 Å². The average molecular weight is 988 g/mol. The molecule has 0 rings (SSSR count). The van der Waals surface area contributed by atoms with E-state index in [4.69, 9.17) is 13.8 Å². The van der Waals surface area contributed by atoms with Gasteiger partial charge in [-0.05, 0) is 51.4 Å². The normalized spacial score (nSPS) is 14.1. The van der Waals surface area contributed by atoms with Crippen LogP contribution in [0.25, 0.3) is 0 Å². The van der Waals surface area contributed by atoms with E-state index in [-0.39, 0.29) is 12.8 Å². The molecule has 0 bridgehead atoms. The third kappa shape index (κ3) is 50.8. The average Bonchev–Trinajstić information content (AvgIpc) is 3.33. The van der Waals surface area contributed by atoms with Gasteiger partial charge in [0, 0.05) is 12.8 Å². The van der Waals surface area contributed by atoms with Crippen LogP contribution >= 0.6 is 7.82 Å². The van der Waals surface area contributed by atoms with E-state index in [9.17, 15) is 34.1 Å². The standard InChI is InChI=1S/C57H98NO10P/c1-3-5-7-9-11-13-15-17-19-21-23-25-26-27-29-31-33-35-37-39-41-43-45-47-49-56(61)66-50-53(59)51-67-69(64,65)68-52-54(57(62)63)58-55(60)48-46-44-42-40-38-36-34-32-30-28-24-22-20-18-16-14-12-10-8-6-4-2/h6,8,12,14,18,20,24,28,32,34,38,40,44,46,53-54,59H,3-5,7,9-11,13,15-17,19,21-23,25-27,29-31,33,35-37,39,41-43,45,47-52H2,1-2H3,(H,58,60)(H,62,63)(H,64,65)/b8-6-,14-12-,20-18-,28-24-,34-32-,40-38-,46-44-. The monoisotopic (exact) mass is 988 g/mol. The molecule has 396 valence electrons. The van der Waals surface area contributed by atoms with E-state index in [2.05, 4.69) is 79.9 Å². The molecule has 0 saturated carbocycles. The van der Waals surface area contributed by atoms with Crippen LogP contribution < -0.4 is 5.32 Å². The number of esters is 1. The molecule has 0 aliphatic carbocycles. The Morgan fingerprint density at radius 1 is 0.478 bits per heavy atom. The van der Waals surface area contributed by atoms with Crippen LogP contribution in [0.2, 0.25) is 0 Å². The van der Waals surface area contributed by atoms with Crippen molar-refractivity contribution < 1.29 is 47.8 Å². The molecule has 12 heteroatoms. The Labute approximate surface area is 420 Å². The van der Waals surface area contributed by atoms with Gasteiger partial charge in [-0.25, -0.2) is 9.36 Å². The quantitative estimate of drug-likeness (QED) is 0.0199. The third-order valence-corrected chi connectivity index (χ3v) is 12.4. The minimum atomic E-state index is -4.79. The van der Waals surface area contributed by atoms with Gasteiger partial charge in [0.15, 0.2) is 6.04 Å². The van der Waals surface area contributed by atoms with E-state index >= 15 is 0 Å². The van der Waals surface area contributed by atoms with Crippen molar-refractivity contribution in [3.05, 3.63) is 85.1 Å². The number of nitrogens with one attached hydrogen (secondary N) is 1. The second-order valence-corrected chi connectivity index (χ2v) is 19.5. The molecular formula is C57H98NO10P. The van der Waals surface area contributed by atoms with Gasteiger partial charge in [-0.15, -0.1) is 0 Å². The highest BCUT2D eigenvalue weighted by Crippen LogP contribution is 2.43. The highest BCUT2D eigenvalue weighted by atomic mass is 31.2. The molecule has 69 heavy (non-hydrogen) atoms. The number of carboxylic acids is 1. The Morgan fingerprint density at radius 2 is 0.812 bits per heavy atom. The number of ether oxygens (including phenoxy) is 1. The molecule has 0 aromatic carbocycles. The minimum absolute atomic E-state index is 0.0930. The van der Waals surface area contributed by atoms with Crippen molar-refractivity contribution in [2.45, 2.75) is 238 Å². The van der Waals surface area contributed by atoms with Gasteiger partial charge in [0.05, 0.1) is 13.2 Å². The van der Waals surface area contributed by atoms with Gasteiger partial charge < -0.3 is 25.2 Å². The van der Waals surface area contributed by atoms with Crippen LogP contribution in [-0.2, 0) is 32.7 Å². The zero-order valence-corrected chi connectivity index (χ0v) is 44.2. The van der Waals surface area contributed by atoms with E-state index in [1.54, 1.807) is 12.2 Å². The molecule has 1 amide bonds. The first-order valence-electron chi connectivity index (χ1n) is 27.1. The number of rotatable bonds is 50. The Kier molecular flexibility index (Phi) is 48.6. The van der Waals surface area contributed by atoms with Gasteiger partial charge in [-0.2, -0.15) is 0 Å². The maximum Gasteiger partial charge on any atom is 0.472 e. The molecule has 0 radical (unpaired) electrons. The number of phosphoric acid groups is 1. The molecule has 4 N–H and O–H groups in total. The summed E-state index contributed by atoms with van der Waals surface area (Å²) < 4.78 is 26.9. The van der Waals surface area contributed by atoms with Crippen molar-refractivity contribution in [1.82, 2.24) is 5.32 Å². The topological polar surface area (TPSA) is 169 Å². The number of carbonyl (C=O) groups is 3. The lowest BCUT2D eigenvalue weighted by Gasteiger charge is -2.18. The molecule has 0 heterocycles. The number of hydrogen-bond acceptors (Lipinski definition) is 8. The summed E-state index contributed by atoms with van der Waals surface area (Å²) in [5.74, 6) is -2.55. The Bertz CT molecular complexity index is 1490. The summed E-state index contributed by atoms with van der Waals surface area (Å²) in [6.45, 7) is 2.45. The first-order chi connectivity index (χ1) is 33.6. The number of allylic oxidation sites excluding steroid dienone is 13. The largest absolute Gasteiger partial charge is 0.480 e. The lowest BCUT2D eigenvalue weighted by molar-refractivity contribution is -0.147. The van der Waals surface area contributed by atoms with Gasteiger partial charge in [0.25, 0.3) is 0 Å². The van der Waals surface area contributed by atoms with Crippen LogP contribution in [0.15, 0.2) is 85.1 Å². The second-order valence-electron chi connectivity index (χ2n) is 18.1. The number of aliphatic hydroxyl groups is 1. The van der Waals surface area contributed by atoms with Crippen molar-refractivity contribution in [1.29, 1.82) is 0 Å². The summed E-state index contributed by atoms with van der Waals surface area (Å²) in [5.41, 5.74) is 0. The number of aliphatic carboxylic acids is 1. The summed E-state index contributed by atoms with van der Waals surface area (Å²) in [4.78, 5) is 46.1. The van der Waals surface area contributed by atoms with Crippen molar-refractivity contribution in [2.75, 3.05) is 19.8 Å². The number of hydrogen-bond donors (Lipinski definition) is 4. The summed E-state index contributed by atoms with van der Waals surface area (Å²) >= 11 is 0. The number of carbonyl (C=O) groups excluding carboxylic acids is 2. The van der Waals surface area contributed by atoms with Crippen molar-refractivity contribution in [3.8, 4) is 0 Å². The molecule has 0 fully saturated rings. The van der Waals surface area contributed by atoms with Crippen LogP contribution in [0.5, 0.6) is 0 Å². The molecule has 0 aliphatic rings. The lowest BCUT2D eigenvalue weighted by Crippen LogP contribution is -2.43. The first kappa shape index (κ1) is 65.7. The summed E-state index contributed by atoms with van der Waals surface area (Å²) in [5, 5.41) is 21.8. The van der Waals surface area contributed by atoms with Gasteiger partial charge in [0.1, 0.15) is 12.7 Å². The highest BCUT2D eigenvalue weighted by molar-refractivity contribution is 7.47. The van der Waals surface area contributed by atoms with Crippen molar-refractivity contribution in [3.63, 3.8) is 0 Å². The summed E-state index contributed by atoms with van der Waals surface area (Å²) in [6.07, 6.45) is 65.1. The van der Waals surface area contributed by atoms with Gasteiger partial charge in [-0.3, -0.25) is 18.6 Å².